The highest BCUT2D eigenvalue weighted by molar-refractivity contribution is 6.76. The minimum atomic E-state index is -1.08. The lowest BCUT2D eigenvalue weighted by molar-refractivity contribution is 0.0816. The number of hydrogen-bond donors (Lipinski definition) is 0. The summed E-state index contributed by atoms with van der Waals surface area (Å²) < 4.78 is 7.30. The minimum Gasteiger partial charge on any atom is -0.360 e. The third-order valence-corrected chi connectivity index (χ3v) is 4.93. The summed E-state index contributed by atoms with van der Waals surface area (Å²) in [7, 11) is -1.08. The van der Waals surface area contributed by atoms with Crippen molar-refractivity contribution in [2.75, 3.05) is 6.61 Å². The van der Waals surface area contributed by atoms with Gasteiger partial charge in [0.05, 0.1) is 11.6 Å². The Hall–Kier alpha value is -0.693. The van der Waals surface area contributed by atoms with Crippen LogP contribution in [0.5, 0.6) is 0 Å². The zero-order valence-corrected chi connectivity index (χ0v) is 13.7. The van der Waals surface area contributed by atoms with Crippen LogP contribution in [-0.2, 0) is 11.5 Å². The standard InChI is InChI=1S/C11H16Cl2N4OSi/c1-19(2,3)5-4-18-7-17-9-8(6-14-17)10(12)15-16-11(9)13/h6H,4-5,7H2,1-3H3. The molecule has 0 fully saturated rings. The lowest BCUT2D eigenvalue weighted by atomic mass is 10.4. The molecule has 0 aliphatic carbocycles. The van der Waals surface area contributed by atoms with Crippen molar-refractivity contribution >= 4 is 42.2 Å². The highest BCUT2D eigenvalue weighted by atomic mass is 35.5. The van der Waals surface area contributed by atoms with Crippen LogP contribution in [0.25, 0.3) is 10.9 Å². The van der Waals surface area contributed by atoms with E-state index in [1.807, 2.05) is 0 Å². The van der Waals surface area contributed by atoms with Crippen LogP contribution in [0, 0.1) is 0 Å². The molecular formula is C11H16Cl2N4OSi. The summed E-state index contributed by atoms with van der Waals surface area (Å²) >= 11 is 12.0. The Morgan fingerprint density at radius 3 is 2.58 bits per heavy atom. The van der Waals surface area contributed by atoms with Gasteiger partial charge in [-0.2, -0.15) is 5.10 Å². The van der Waals surface area contributed by atoms with Crippen LogP contribution in [0.2, 0.25) is 36.0 Å². The second-order valence-electron chi connectivity index (χ2n) is 5.54. The molecule has 2 aromatic rings. The molecule has 104 valence electrons. The molecule has 0 N–H and O–H groups in total. The molecule has 5 nitrogen and oxygen atoms in total. The van der Waals surface area contributed by atoms with Gasteiger partial charge in [-0.05, 0) is 6.04 Å². The molecule has 0 unspecified atom stereocenters. The molecule has 0 saturated carbocycles. The zero-order chi connectivity index (χ0) is 14.0. The molecule has 2 rings (SSSR count). The number of ether oxygens (including phenoxy) is 1. The van der Waals surface area contributed by atoms with E-state index >= 15 is 0 Å². The molecule has 2 aromatic heterocycles. The van der Waals surface area contributed by atoms with Crippen molar-refractivity contribution in [3.05, 3.63) is 16.5 Å². The first kappa shape index (κ1) is 14.7. The highest BCUT2D eigenvalue weighted by Gasteiger charge is 2.14. The third kappa shape index (κ3) is 3.66. The van der Waals surface area contributed by atoms with E-state index in [1.165, 1.54) is 0 Å². The van der Waals surface area contributed by atoms with Crippen molar-refractivity contribution in [1.82, 2.24) is 20.0 Å². The van der Waals surface area contributed by atoms with Gasteiger partial charge in [-0.3, -0.25) is 0 Å². The van der Waals surface area contributed by atoms with E-state index in [9.17, 15) is 0 Å². The maximum absolute atomic E-state index is 6.02. The summed E-state index contributed by atoms with van der Waals surface area (Å²) in [6.07, 6.45) is 1.63. The Bertz CT molecular complexity index is 582. The van der Waals surface area contributed by atoms with Gasteiger partial charge in [0.1, 0.15) is 12.2 Å². The topological polar surface area (TPSA) is 52.8 Å². The van der Waals surface area contributed by atoms with Crippen molar-refractivity contribution in [3.63, 3.8) is 0 Å². The molecule has 0 spiro atoms. The average Bonchev–Trinajstić information content (AvgIpc) is 2.73. The average molecular weight is 319 g/mol. The largest absolute Gasteiger partial charge is 0.360 e. The molecular weight excluding hydrogens is 303 g/mol. The van der Waals surface area contributed by atoms with E-state index in [4.69, 9.17) is 27.9 Å². The summed E-state index contributed by atoms with van der Waals surface area (Å²) in [6, 6.07) is 1.11. The second-order valence-corrected chi connectivity index (χ2v) is 11.9. The summed E-state index contributed by atoms with van der Waals surface area (Å²) in [5.41, 5.74) is 0.662. The fraction of sp³-hybridized carbons (Fsp3) is 0.545. The number of aromatic nitrogens is 4. The lowest BCUT2D eigenvalue weighted by Gasteiger charge is -2.15. The molecule has 2 heterocycles. The SMILES string of the molecule is C[Si](C)(C)CCOCn1ncc2c(Cl)nnc(Cl)c21. The summed E-state index contributed by atoms with van der Waals surface area (Å²) in [6.45, 7) is 8.00. The van der Waals surface area contributed by atoms with Gasteiger partial charge >= 0.3 is 0 Å². The quantitative estimate of drug-likeness (QED) is 0.626. The van der Waals surface area contributed by atoms with Crippen LogP contribution in [0.3, 0.4) is 0 Å². The van der Waals surface area contributed by atoms with E-state index in [-0.39, 0.29) is 5.15 Å². The van der Waals surface area contributed by atoms with Gasteiger partial charge in [0, 0.05) is 14.7 Å². The molecule has 0 radical (unpaired) electrons. The van der Waals surface area contributed by atoms with E-state index in [1.54, 1.807) is 10.9 Å². The fourth-order valence-electron chi connectivity index (χ4n) is 1.57. The number of hydrogen-bond acceptors (Lipinski definition) is 4. The predicted octanol–water partition coefficient (Wildman–Crippen LogP) is 3.45. The summed E-state index contributed by atoms with van der Waals surface area (Å²) in [4.78, 5) is 0. The van der Waals surface area contributed by atoms with Gasteiger partial charge in [0.2, 0.25) is 0 Å². The van der Waals surface area contributed by atoms with Gasteiger partial charge in [-0.1, -0.05) is 42.8 Å². The van der Waals surface area contributed by atoms with Crippen molar-refractivity contribution in [3.8, 4) is 0 Å². The van der Waals surface area contributed by atoms with Crippen molar-refractivity contribution in [2.45, 2.75) is 32.4 Å². The predicted molar refractivity (Wildman–Crippen MR) is 79.4 cm³/mol. The number of fused-ring (bicyclic) bond motifs is 1. The first-order valence-electron chi connectivity index (χ1n) is 5.99. The number of halogens is 2. The van der Waals surface area contributed by atoms with E-state index in [2.05, 4.69) is 34.9 Å². The van der Waals surface area contributed by atoms with Crippen LogP contribution < -0.4 is 0 Å². The number of nitrogens with zero attached hydrogens (tertiary/aromatic N) is 4. The van der Waals surface area contributed by atoms with Gasteiger partial charge in [0.25, 0.3) is 0 Å². The highest BCUT2D eigenvalue weighted by Crippen LogP contribution is 2.25. The van der Waals surface area contributed by atoms with Gasteiger partial charge < -0.3 is 4.74 Å². The Morgan fingerprint density at radius 1 is 1.21 bits per heavy atom. The van der Waals surface area contributed by atoms with Gasteiger partial charge in [-0.15, -0.1) is 10.2 Å². The van der Waals surface area contributed by atoms with E-state index in [0.717, 1.165) is 12.7 Å². The van der Waals surface area contributed by atoms with E-state index < -0.39 is 8.07 Å². The van der Waals surface area contributed by atoms with Crippen molar-refractivity contribution in [1.29, 1.82) is 0 Å². The van der Waals surface area contributed by atoms with Crippen LogP contribution in [0.4, 0.5) is 0 Å². The number of rotatable bonds is 5. The van der Waals surface area contributed by atoms with Crippen molar-refractivity contribution in [2.24, 2.45) is 0 Å². The summed E-state index contributed by atoms with van der Waals surface area (Å²) in [5, 5.41) is 13.0. The summed E-state index contributed by atoms with van der Waals surface area (Å²) in [5.74, 6) is 0. The minimum absolute atomic E-state index is 0.283. The first-order chi connectivity index (χ1) is 8.88. The van der Waals surface area contributed by atoms with Gasteiger partial charge in [-0.25, -0.2) is 4.68 Å². The molecule has 0 atom stereocenters. The Labute approximate surface area is 122 Å². The Balaban J connectivity index is 2.08. The van der Waals surface area contributed by atoms with Crippen LogP contribution in [-0.4, -0.2) is 34.7 Å². The lowest BCUT2D eigenvalue weighted by Crippen LogP contribution is -2.22. The fourth-order valence-corrected chi connectivity index (χ4v) is 2.74. The molecule has 19 heavy (non-hydrogen) atoms. The monoisotopic (exact) mass is 318 g/mol. The zero-order valence-electron chi connectivity index (χ0n) is 11.2. The molecule has 0 amide bonds. The third-order valence-electron chi connectivity index (χ3n) is 2.69. The van der Waals surface area contributed by atoms with Gasteiger partial charge in [0.15, 0.2) is 10.3 Å². The maximum atomic E-state index is 6.02. The van der Waals surface area contributed by atoms with Crippen LogP contribution >= 0.6 is 23.2 Å². The Morgan fingerprint density at radius 2 is 1.89 bits per heavy atom. The molecule has 0 bridgehead atoms. The Kier molecular flexibility index (Phi) is 4.45. The van der Waals surface area contributed by atoms with Crippen LogP contribution in [0.1, 0.15) is 0 Å². The molecule has 0 aliphatic heterocycles. The molecule has 0 saturated heterocycles. The molecule has 0 aliphatic rings. The van der Waals surface area contributed by atoms with E-state index in [0.29, 0.717) is 22.8 Å². The molecule has 0 aromatic carbocycles. The second kappa shape index (κ2) is 5.74. The van der Waals surface area contributed by atoms with Crippen LogP contribution in [0.15, 0.2) is 6.20 Å². The molecule has 8 heteroatoms. The normalized spacial score (nSPS) is 12.3. The maximum Gasteiger partial charge on any atom is 0.177 e. The van der Waals surface area contributed by atoms with Crippen molar-refractivity contribution < 1.29 is 4.74 Å². The first-order valence-corrected chi connectivity index (χ1v) is 10.5. The smallest absolute Gasteiger partial charge is 0.177 e.